The lowest BCUT2D eigenvalue weighted by Crippen LogP contribution is -2.59. The highest BCUT2D eigenvalue weighted by molar-refractivity contribution is 5.94. The van der Waals surface area contributed by atoms with Gasteiger partial charge in [-0.1, -0.05) is 34.1 Å². The lowest BCUT2D eigenvalue weighted by Gasteiger charge is -2.29. The minimum Gasteiger partial charge on any atom is -0.480 e. The van der Waals surface area contributed by atoms with Crippen LogP contribution in [0.15, 0.2) is 0 Å². The number of rotatable bonds is 12. The fourth-order valence-corrected chi connectivity index (χ4v) is 2.59. The number of hydrogen-bond donors (Lipinski definition) is 6. The third-order valence-electron chi connectivity index (χ3n) is 4.59. The maximum absolute atomic E-state index is 12.8. The number of amides is 3. The molecule has 0 aromatic heterocycles. The van der Waals surface area contributed by atoms with Crippen LogP contribution < -0.4 is 21.7 Å². The first-order valence-electron chi connectivity index (χ1n) is 9.89. The van der Waals surface area contributed by atoms with Gasteiger partial charge >= 0.3 is 5.97 Å². The number of carbonyl (C=O) groups is 4. The minimum atomic E-state index is -1.50. The van der Waals surface area contributed by atoms with Crippen molar-refractivity contribution in [3.05, 3.63) is 0 Å². The SMILES string of the molecule is CCC(C)C(NC(=O)C(CC(C)C)NC(=O)C(C)N)C(=O)NC(C(=O)O)C(C)O. The average molecular weight is 417 g/mol. The molecule has 0 radical (unpaired) electrons. The van der Waals surface area contributed by atoms with Crippen LogP contribution in [0.25, 0.3) is 0 Å². The fourth-order valence-electron chi connectivity index (χ4n) is 2.59. The molecule has 7 N–H and O–H groups in total. The molecular weight excluding hydrogens is 380 g/mol. The number of carbonyl (C=O) groups excluding carboxylic acids is 3. The molecule has 10 heteroatoms. The summed E-state index contributed by atoms with van der Waals surface area (Å²) in [6.07, 6.45) is -0.445. The molecule has 29 heavy (non-hydrogen) atoms. The molecule has 0 aliphatic carbocycles. The molecular formula is C19H36N4O6. The maximum atomic E-state index is 12.8. The summed E-state index contributed by atoms with van der Waals surface area (Å²) in [6.45, 7) is 10.1. The van der Waals surface area contributed by atoms with Crippen LogP contribution >= 0.6 is 0 Å². The van der Waals surface area contributed by atoms with Gasteiger partial charge in [-0.25, -0.2) is 4.79 Å². The Labute approximate surface area is 172 Å². The Morgan fingerprint density at radius 3 is 1.76 bits per heavy atom. The largest absolute Gasteiger partial charge is 0.480 e. The number of carboxylic acids is 1. The Morgan fingerprint density at radius 1 is 0.862 bits per heavy atom. The van der Waals surface area contributed by atoms with Gasteiger partial charge < -0.3 is 31.9 Å². The van der Waals surface area contributed by atoms with Crippen LogP contribution in [-0.4, -0.2) is 64.2 Å². The summed E-state index contributed by atoms with van der Waals surface area (Å²) in [5.41, 5.74) is 5.56. The lowest BCUT2D eigenvalue weighted by atomic mass is 9.96. The Hall–Kier alpha value is -2.20. The van der Waals surface area contributed by atoms with Crippen LogP contribution in [0.1, 0.15) is 54.4 Å². The van der Waals surface area contributed by atoms with Gasteiger partial charge in [0.25, 0.3) is 0 Å². The number of nitrogens with one attached hydrogen (secondary N) is 3. The smallest absolute Gasteiger partial charge is 0.328 e. The molecule has 0 aromatic rings. The first-order chi connectivity index (χ1) is 13.3. The topological polar surface area (TPSA) is 171 Å². The van der Waals surface area contributed by atoms with Crippen molar-refractivity contribution in [2.75, 3.05) is 0 Å². The third-order valence-corrected chi connectivity index (χ3v) is 4.59. The van der Waals surface area contributed by atoms with Gasteiger partial charge in [0.15, 0.2) is 6.04 Å². The van der Waals surface area contributed by atoms with Gasteiger partial charge in [-0.3, -0.25) is 14.4 Å². The molecule has 0 saturated heterocycles. The summed E-state index contributed by atoms with van der Waals surface area (Å²) in [5.74, 6) is -3.38. The molecule has 0 aliphatic rings. The monoisotopic (exact) mass is 416 g/mol. The Morgan fingerprint density at radius 2 is 1.38 bits per heavy atom. The van der Waals surface area contributed by atoms with Gasteiger partial charge in [-0.2, -0.15) is 0 Å². The van der Waals surface area contributed by atoms with E-state index in [9.17, 15) is 24.3 Å². The highest BCUT2D eigenvalue weighted by atomic mass is 16.4. The van der Waals surface area contributed by atoms with E-state index in [-0.39, 0.29) is 11.8 Å². The molecule has 0 rings (SSSR count). The lowest BCUT2D eigenvalue weighted by molar-refractivity contribution is -0.145. The van der Waals surface area contributed by atoms with Crippen LogP contribution in [0.4, 0.5) is 0 Å². The highest BCUT2D eigenvalue weighted by Crippen LogP contribution is 2.11. The quantitative estimate of drug-likeness (QED) is 0.245. The van der Waals surface area contributed by atoms with Crippen molar-refractivity contribution in [2.45, 2.75) is 84.7 Å². The van der Waals surface area contributed by atoms with Crippen LogP contribution in [0.3, 0.4) is 0 Å². The molecule has 0 heterocycles. The van der Waals surface area contributed by atoms with E-state index in [0.29, 0.717) is 12.8 Å². The van der Waals surface area contributed by atoms with Crippen molar-refractivity contribution < 1.29 is 29.4 Å². The van der Waals surface area contributed by atoms with E-state index in [0.717, 1.165) is 0 Å². The minimum absolute atomic E-state index is 0.0848. The second kappa shape index (κ2) is 12.4. The van der Waals surface area contributed by atoms with Crippen molar-refractivity contribution in [2.24, 2.45) is 17.6 Å². The number of aliphatic carboxylic acids is 1. The molecule has 0 aromatic carbocycles. The van der Waals surface area contributed by atoms with Crippen molar-refractivity contribution in [1.29, 1.82) is 0 Å². The molecule has 0 saturated carbocycles. The molecule has 0 spiro atoms. The standard InChI is InChI=1S/C19H36N4O6/c1-7-10(4)14(18(27)23-15(12(6)24)19(28)29)22-17(26)13(8-9(2)3)21-16(25)11(5)20/h9-15,24H,7-8,20H2,1-6H3,(H,21,25)(H,22,26)(H,23,27)(H,28,29). The predicted molar refractivity (Wildman–Crippen MR) is 108 cm³/mol. The van der Waals surface area contributed by atoms with E-state index < -0.39 is 54.0 Å². The van der Waals surface area contributed by atoms with E-state index in [1.165, 1.54) is 13.8 Å². The first-order valence-corrected chi connectivity index (χ1v) is 9.89. The average Bonchev–Trinajstić information content (AvgIpc) is 2.61. The van der Waals surface area contributed by atoms with Gasteiger partial charge in [0.05, 0.1) is 12.1 Å². The summed E-state index contributed by atoms with van der Waals surface area (Å²) >= 11 is 0. The molecule has 3 amide bonds. The summed E-state index contributed by atoms with van der Waals surface area (Å²) in [5, 5.41) is 26.2. The normalized spacial score (nSPS) is 17.4. The number of aliphatic hydroxyl groups is 1. The molecule has 6 unspecified atom stereocenters. The van der Waals surface area contributed by atoms with Crippen molar-refractivity contribution in [3.63, 3.8) is 0 Å². The Balaban J connectivity index is 5.49. The second-order valence-corrected chi connectivity index (χ2v) is 7.92. The van der Waals surface area contributed by atoms with E-state index in [1.54, 1.807) is 6.92 Å². The molecule has 6 atom stereocenters. The Kier molecular flexibility index (Phi) is 11.4. The number of nitrogens with two attached hydrogens (primary N) is 1. The zero-order chi connectivity index (χ0) is 22.9. The summed E-state index contributed by atoms with van der Waals surface area (Å²) in [7, 11) is 0. The van der Waals surface area contributed by atoms with Crippen LogP contribution in [-0.2, 0) is 19.2 Å². The third kappa shape index (κ3) is 9.23. The van der Waals surface area contributed by atoms with Crippen LogP contribution in [0.5, 0.6) is 0 Å². The molecule has 10 nitrogen and oxygen atoms in total. The molecule has 0 fully saturated rings. The van der Waals surface area contributed by atoms with Gasteiger partial charge in [0, 0.05) is 0 Å². The Bertz CT molecular complexity index is 579. The van der Waals surface area contributed by atoms with Crippen molar-refractivity contribution in [1.82, 2.24) is 16.0 Å². The highest BCUT2D eigenvalue weighted by Gasteiger charge is 2.33. The van der Waals surface area contributed by atoms with Crippen molar-refractivity contribution in [3.8, 4) is 0 Å². The summed E-state index contributed by atoms with van der Waals surface area (Å²) in [6, 6.07) is -4.22. The fraction of sp³-hybridized carbons (Fsp3) is 0.789. The van der Waals surface area contributed by atoms with Crippen LogP contribution in [0.2, 0.25) is 0 Å². The number of hydrogen-bond acceptors (Lipinski definition) is 6. The second-order valence-electron chi connectivity index (χ2n) is 7.92. The molecule has 168 valence electrons. The maximum Gasteiger partial charge on any atom is 0.328 e. The van der Waals surface area contributed by atoms with Gasteiger partial charge in [-0.15, -0.1) is 0 Å². The predicted octanol–water partition coefficient (Wildman–Crippen LogP) is -0.654. The van der Waals surface area contributed by atoms with E-state index in [2.05, 4.69) is 16.0 Å². The van der Waals surface area contributed by atoms with Crippen LogP contribution in [0, 0.1) is 11.8 Å². The van der Waals surface area contributed by atoms with E-state index in [1.807, 2.05) is 20.8 Å². The molecule has 0 aliphatic heterocycles. The number of aliphatic hydroxyl groups excluding tert-OH is 1. The van der Waals surface area contributed by atoms with E-state index in [4.69, 9.17) is 10.8 Å². The van der Waals surface area contributed by atoms with E-state index >= 15 is 0 Å². The number of carboxylic acid groups (broad SMARTS) is 1. The van der Waals surface area contributed by atoms with Gasteiger partial charge in [-0.05, 0) is 32.1 Å². The first kappa shape index (κ1) is 26.8. The summed E-state index contributed by atoms with van der Waals surface area (Å²) < 4.78 is 0. The zero-order valence-corrected chi connectivity index (χ0v) is 18.1. The molecule has 0 bridgehead atoms. The summed E-state index contributed by atoms with van der Waals surface area (Å²) in [4.78, 5) is 48.7. The van der Waals surface area contributed by atoms with Gasteiger partial charge in [0.1, 0.15) is 12.1 Å². The van der Waals surface area contributed by atoms with Crippen molar-refractivity contribution >= 4 is 23.7 Å². The zero-order valence-electron chi connectivity index (χ0n) is 18.1. The van der Waals surface area contributed by atoms with Gasteiger partial charge in [0.2, 0.25) is 17.7 Å².